The first kappa shape index (κ1) is 24.4. The Morgan fingerprint density at radius 1 is 1.31 bits per heavy atom. The fraction of sp³-hybridized carbons (Fsp3) is 0.762. The van der Waals surface area contributed by atoms with Gasteiger partial charge in [0.05, 0.1) is 12.9 Å². The molecule has 3 heterocycles. The van der Waals surface area contributed by atoms with E-state index in [1.165, 1.54) is 0 Å². The molecule has 0 bridgehead atoms. The first-order valence-corrected chi connectivity index (χ1v) is 10.7. The van der Waals surface area contributed by atoms with E-state index in [0.29, 0.717) is 12.0 Å². The Morgan fingerprint density at radius 2 is 2.17 bits per heavy atom. The Balaban J connectivity index is 0.00000300. The number of piperidine rings is 1. The Labute approximate surface area is 192 Å². The average molecular weight is 520 g/mol. The summed E-state index contributed by atoms with van der Waals surface area (Å²) in [6.45, 7) is 7.60. The molecule has 0 aromatic carbocycles. The number of nitrogens with zero attached hydrogens (tertiary/aromatic N) is 2. The van der Waals surface area contributed by atoms with Crippen molar-refractivity contribution in [3.05, 3.63) is 24.2 Å². The Bertz CT molecular complexity index is 556. The number of aliphatic imine (C=N–C) groups is 1. The van der Waals surface area contributed by atoms with Gasteiger partial charge in [0.25, 0.3) is 0 Å². The predicted octanol–water partition coefficient (Wildman–Crippen LogP) is 2.51. The van der Waals surface area contributed by atoms with Crippen molar-refractivity contribution in [1.29, 1.82) is 0 Å². The van der Waals surface area contributed by atoms with Gasteiger partial charge >= 0.3 is 0 Å². The summed E-state index contributed by atoms with van der Waals surface area (Å²) in [5, 5.41) is 7.15. The normalized spacial score (nSPS) is 21.1. The molecule has 0 radical (unpaired) electrons. The van der Waals surface area contributed by atoms with Crippen LogP contribution in [0.15, 0.2) is 27.8 Å². The fourth-order valence-electron chi connectivity index (χ4n) is 3.79. The van der Waals surface area contributed by atoms with Gasteiger partial charge in [0, 0.05) is 71.4 Å². The van der Waals surface area contributed by atoms with Crippen molar-refractivity contribution in [3.63, 3.8) is 0 Å². The van der Waals surface area contributed by atoms with E-state index in [1.807, 2.05) is 12.1 Å². The van der Waals surface area contributed by atoms with Crippen LogP contribution in [0.1, 0.15) is 31.4 Å². The van der Waals surface area contributed by atoms with E-state index in [0.717, 1.165) is 96.4 Å². The first-order valence-electron chi connectivity index (χ1n) is 10.7. The van der Waals surface area contributed by atoms with E-state index < -0.39 is 0 Å². The molecule has 2 aliphatic rings. The van der Waals surface area contributed by atoms with Gasteiger partial charge in [-0.3, -0.25) is 4.99 Å². The van der Waals surface area contributed by atoms with E-state index in [-0.39, 0.29) is 24.0 Å². The Kier molecular flexibility index (Phi) is 12.0. The maximum absolute atomic E-state index is 5.48. The minimum Gasteiger partial charge on any atom is -0.469 e. The molecule has 8 heteroatoms. The first-order chi connectivity index (χ1) is 13.8. The lowest BCUT2D eigenvalue weighted by Crippen LogP contribution is -2.49. The van der Waals surface area contributed by atoms with E-state index in [9.17, 15) is 0 Å². The van der Waals surface area contributed by atoms with Crippen LogP contribution in [-0.4, -0.2) is 76.6 Å². The standard InChI is InChI=1S/C21H36N4O3.HI/c1-26-13-3-10-25-11-6-19(7-12-25)24-21(23-16-18-8-15-27-17-18)22-9-5-20-4-2-14-28-20;/h2,4,14,18-19H,3,5-13,15-17H2,1H3,(H2,22,23,24);1H. The molecule has 2 aliphatic heterocycles. The van der Waals surface area contributed by atoms with Gasteiger partial charge in [0.1, 0.15) is 5.76 Å². The summed E-state index contributed by atoms with van der Waals surface area (Å²) in [7, 11) is 1.77. The number of likely N-dealkylation sites (tertiary alicyclic amines) is 1. The monoisotopic (exact) mass is 520 g/mol. The van der Waals surface area contributed by atoms with Crippen molar-refractivity contribution >= 4 is 29.9 Å². The molecule has 2 N–H and O–H groups in total. The summed E-state index contributed by atoms with van der Waals surface area (Å²) in [6.07, 6.45) is 7.11. The summed E-state index contributed by atoms with van der Waals surface area (Å²) in [5.41, 5.74) is 0. The van der Waals surface area contributed by atoms with Gasteiger partial charge in [0.15, 0.2) is 5.96 Å². The number of furan rings is 1. The topological polar surface area (TPSA) is 71.3 Å². The van der Waals surface area contributed by atoms with Gasteiger partial charge in [-0.15, -0.1) is 24.0 Å². The summed E-state index contributed by atoms with van der Waals surface area (Å²) in [5.74, 6) is 2.48. The number of hydrogen-bond donors (Lipinski definition) is 2. The van der Waals surface area contributed by atoms with E-state index >= 15 is 0 Å². The Morgan fingerprint density at radius 3 is 2.86 bits per heavy atom. The second-order valence-electron chi connectivity index (χ2n) is 7.78. The van der Waals surface area contributed by atoms with Crippen molar-refractivity contribution in [2.75, 3.05) is 59.7 Å². The van der Waals surface area contributed by atoms with E-state index in [4.69, 9.17) is 18.9 Å². The number of rotatable bonds is 10. The smallest absolute Gasteiger partial charge is 0.191 e. The third kappa shape index (κ3) is 9.23. The van der Waals surface area contributed by atoms with Crippen LogP contribution in [0.25, 0.3) is 0 Å². The molecule has 1 unspecified atom stereocenters. The molecular formula is C21H37IN4O3. The van der Waals surface area contributed by atoms with Crippen LogP contribution in [-0.2, 0) is 15.9 Å². The highest BCUT2D eigenvalue weighted by atomic mass is 127. The zero-order valence-electron chi connectivity index (χ0n) is 17.6. The maximum Gasteiger partial charge on any atom is 0.191 e. The summed E-state index contributed by atoms with van der Waals surface area (Å²) in [6, 6.07) is 4.43. The molecule has 1 aromatic heterocycles. The molecule has 1 atom stereocenters. The second kappa shape index (κ2) is 14.2. The van der Waals surface area contributed by atoms with Crippen LogP contribution < -0.4 is 10.6 Å². The van der Waals surface area contributed by atoms with Gasteiger partial charge in [-0.1, -0.05) is 0 Å². The van der Waals surface area contributed by atoms with Gasteiger partial charge in [-0.25, -0.2) is 0 Å². The third-order valence-corrected chi connectivity index (χ3v) is 5.53. The summed E-state index contributed by atoms with van der Waals surface area (Å²) in [4.78, 5) is 7.39. The minimum atomic E-state index is 0. The minimum absolute atomic E-state index is 0. The Hall–Kier alpha value is -0.840. The van der Waals surface area contributed by atoms with E-state index in [1.54, 1.807) is 13.4 Å². The third-order valence-electron chi connectivity index (χ3n) is 5.53. The quantitative estimate of drug-likeness (QED) is 0.214. The van der Waals surface area contributed by atoms with E-state index in [2.05, 4.69) is 15.5 Å². The molecule has 2 saturated heterocycles. The molecule has 0 spiro atoms. The molecule has 7 nitrogen and oxygen atoms in total. The predicted molar refractivity (Wildman–Crippen MR) is 126 cm³/mol. The lowest BCUT2D eigenvalue weighted by Gasteiger charge is -2.33. The highest BCUT2D eigenvalue weighted by molar-refractivity contribution is 14.0. The lowest BCUT2D eigenvalue weighted by molar-refractivity contribution is 0.155. The maximum atomic E-state index is 5.48. The van der Waals surface area contributed by atoms with Crippen molar-refractivity contribution in [1.82, 2.24) is 15.5 Å². The number of halogens is 1. The average Bonchev–Trinajstić information content (AvgIpc) is 3.42. The zero-order valence-corrected chi connectivity index (χ0v) is 19.9. The number of nitrogens with one attached hydrogen (secondary N) is 2. The second-order valence-corrected chi connectivity index (χ2v) is 7.78. The van der Waals surface area contributed by atoms with Crippen LogP contribution in [0.5, 0.6) is 0 Å². The number of ether oxygens (including phenoxy) is 2. The number of hydrogen-bond acceptors (Lipinski definition) is 5. The van der Waals surface area contributed by atoms with Crippen molar-refractivity contribution in [2.45, 2.75) is 38.1 Å². The molecular weight excluding hydrogens is 483 g/mol. The molecule has 2 fully saturated rings. The van der Waals surface area contributed by atoms with Crippen molar-refractivity contribution in [3.8, 4) is 0 Å². The number of guanidine groups is 1. The van der Waals surface area contributed by atoms with Gasteiger partial charge in [0.2, 0.25) is 0 Å². The van der Waals surface area contributed by atoms with Gasteiger partial charge < -0.3 is 29.4 Å². The van der Waals surface area contributed by atoms with Crippen molar-refractivity contribution in [2.24, 2.45) is 10.9 Å². The molecule has 0 amide bonds. The molecule has 1 aromatic rings. The number of methoxy groups -OCH3 is 1. The zero-order chi connectivity index (χ0) is 19.4. The summed E-state index contributed by atoms with van der Waals surface area (Å²) >= 11 is 0. The van der Waals surface area contributed by atoms with Crippen LogP contribution >= 0.6 is 24.0 Å². The van der Waals surface area contributed by atoms with Crippen LogP contribution in [0.3, 0.4) is 0 Å². The van der Waals surface area contributed by atoms with Crippen LogP contribution in [0.2, 0.25) is 0 Å². The summed E-state index contributed by atoms with van der Waals surface area (Å²) < 4.78 is 16.1. The van der Waals surface area contributed by atoms with Crippen molar-refractivity contribution < 1.29 is 13.9 Å². The molecule has 0 aliphatic carbocycles. The lowest BCUT2D eigenvalue weighted by atomic mass is 10.1. The van der Waals surface area contributed by atoms with Gasteiger partial charge in [-0.2, -0.15) is 0 Å². The van der Waals surface area contributed by atoms with Gasteiger partial charge in [-0.05, 0) is 37.8 Å². The van der Waals surface area contributed by atoms with Crippen LogP contribution in [0, 0.1) is 5.92 Å². The largest absolute Gasteiger partial charge is 0.469 e. The van der Waals surface area contributed by atoms with Crippen LogP contribution in [0.4, 0.5) is 0 Å². The highest BCUT2D eigenvalue weighted by Crippen LogP contribution is 2.13. The highest BCUT2D eigenvalue weighted by Gasteiger charge is 2.20. The SMILES string of the molecule is COCCCN1CCC(NC(=NCC2CCOC2)NCCc2ccco2)CC1.I. The molecule has 29 heavy (non-hydrogen) atoms. The molecule has 166 valence electrons. The fourth-order valence-corrected chi connectivity index (χ4v) is 3.79. The molecule has 3 rings (SSSR count). The molecule has 0 saturated carbocycles.